The van der Waals surface area contributed by atoms with Gasteiger partial charge in [0.25, 0.3) is 0 Å². The molecule has 0 atom stereocenters. The average molecular weight is 364 g/mol. The summed E-state index contributed by atoms with van der Waals surface area (Å²) in [5, 5.41) is 0. The van der Waals surface area contributed by atoms with E-state index in [1.807, 2.05) is 0 Å². The zero-order valence-electron chi connectivity index (χ0n) is 13.3. The summed E-state index contributed by atoms with van der Waals surface area (Å²) in [5.74, 6) is -1.62. The number of alkyl halides is 3. The van der Waals surface area contributed by atoms with Crippen molar-refractivity contribution in [2.45, 2.75) is 19.0 Å². The Labute approximate surface area is 145 Å². The number of allylic oxidation sites excluding steroid dienone is 1. The molecule has 0 aromatic heterocycles. The second-order valence-electron chi connectivity index (χ2n) is 5.73. The van der Waals surface area contributed by atoms with E-state index in [-0.39, 0.29) is 24.0 Å². The molecule has 3 nitrogen and oxygen atoms in total. The van der Waals surface area contributed by atoms with Crippen LogP contribution in [0.4, 0.5) is 17.6 Å². The third-order valence-electron chi connectivity index (χ3n) is 4.13. The van der Waals surface area contributed by atoms with Gasteiger partial charge in [0.05, 0.1) is 12.0 Å². The number of benzene rings is 2. The van der Waals surface area contributed by atoms with Gasteiger partial charge in [-0.15, -0.1) is 0 Å². The lowest BCUT2D eigenvalue weighted by molar-refractivity contribution is -0.150. The van der Waals surface area contributed by atoms with E-state index in [9.17, 15) is 27.2 Å². The predicted molar refractivity (Wildman–Crippen MR) is 84.5 cm³/mol. The van der Waals surface area contributed by atoms with Gasteiger partial charge in [-0.1, -0.05) is 24.3 Å². The van der Waals surface area contributed by atoms with E-state index in [0.717, 1.165) is 6.07 Å². The Morgan fingerprint density at radius 3 is 2.58 bits per heavy atom. The largest absolute Gasteiger partial charge is 0.417 e. The topological polar surface area (TPSA) is 43.4 Å². The van der Waals surface area contributed by atoms with Crippen molar-refractivity contribution in [3.05, 3.63) is 76.1 Å². The molecule has 3 rings (SSSR count). The fraction of sp³-hybridized carbons (Fsp3) is 0.158. The number of hydrogen-bond acceptors (Lipinski definition) is 3. The lowest BCUT2D eigenvalue weighted by Crippen LogP contribution is -2.10. The summed E-state index contributed by atoms with van der Waals surface area (Å²) in [6.45, 7) is -0.0570. The maximum atomic E-state index is 14.1. The maximum absolute atomic E-state index is 14.1. The van der Waals surface area contributed by atoms with Crippen molar-refractivity contribution in [3.63, 3.8) is 0 Å². The van der Waals surface area contributed by atoms with Crippen LogP contribution in [0, 0.1) is 5.82 Å². The molecule has 0 radical (unpaired) electrons. The van der Waals surface area contributed by atoms with Crippen LogP contribution in [-0.2, 0) is 33.3 Å². The summed E-state index contributed by atoms with van der Waals surface area (Å²) < 4.78 is 58.2. The SMILES string of the molecule is O=COC(=O)Cc1cc2c(cc1F)CC=C2c1ccccc1C(F)(F)F. The van der Waals surface area contributed by atoms with Crippen molar-refractivity contribution < 1.29 is 31.9 Å². The minimum atomic E-state index is -4.53. The number of halogens is 4. The Morgan fingerprint density at radius 2 is 1.88 bits per heavy atom. The van der Waals surface area contributed by atoms with E-state index >= 15 is 0 Å². The molecule has 0 fully saturated rings. The molecule has 0 spiro atoms. The molecule has 0 saturated carbocycles. The number of esters is 1. The lowest BCUT2D eigenvalue weighted by atomic mass is 9.93. The minimum absolute atomic E-state index is 0.00761. The molecule has 1 aliphatic rings. The monoisotopic (exact) mass is 364 g/mol. The van der Waals surface area contributed by atoms with Crippen LogP contribution < -0.4 is 0 Å². The summed E-state index contributed by atoms with van der Waals surface area (Å²) in [7, 11) is 0. The number of hydrogen-bond donors (Lipinski definition) is 0. The summed E-state index contributed by atoms with van der Waals surface area (Å²) in [6.07, 6.45) is -3.14. The Morgan fingerprint density at radius 1 is 1.15 bits per heavy atom. The first-order chi connectivity index (χ1) is 12.3. The van der Waals surface area contributed by atoms with Crippen LogP contribution in [0.3, 0.4) is 0 Å². The molecule has 0 aliphatic heterocycles. The summed E-state index contributed by atoms with van der Waals surface area (Å²) >= 11 is 0. The zero-order chi connectivity index (χ0) is 18.9. The smallest absolute Gasteiger partial charge is 0.395 e. The molecule has 26 heavy (non-hydrogen) atoms. The standard InChI is InChI=1S/C19H12F4O3/c20-17-8-11-5-6-13(14-3-1-2-4-16(14)19(21,22)23)15(11)7-12(17)9-18(25)26-10-24/h1-4,6-8,10H,5,9H2. The Kier molecular flexibility index (Phi) is 4.63. The van der Waals surface area contributed by atoms with Gasteiger partial charge in [-0.2, -0.15) is 13.2 Å². The highest BCUT2D eigenvalue weighted by molar-refractivity contribution is 5.87. The van der Waals surface area contributed by atoms with Crippen LogP contribution in [0.25, 0.3) is 5.57 Å². The van der Waals surface area contributed by atoms with Crippen LogP contribution in [0.1, 0.15) is 27.8 Å². The molecule has 0 saturated heterocycles. The van der Waals surface area contributed by atoms with Gasteiger partial charge in [-0.25, -0.2) is 4.39 Å². The first-order valence-corrected chi connectivity index (χ1v) is 7.63. The van der Waals surface area contributed by atoms with Gasteiger partial charge in [0.1, 0.15) is 5.82 Å². The number of carbonyl (C=O) groups excluding carboxylic acids is 2. The molecular weight excluding hydrogens is 352 g/mol. The number of carbonyl (C=O) groups is 2. The van der Waals surface area contributed by atoms with Crippen molar-refractivity contribution in [2.24, 2.45) is 0 Å². The Bertz CT molecular complexity index is 913. The van der Waals surface area contributed by atoms with Crippen LogP contribution in [0.2, 0.25) is 0 Å². The van der Waals surface area contributed by atoms with E-state index in [1.165, 1.54) is 30.3 Å². The predicted octanol–water partition coefficient (Wildman–Crippen LogP) is 4.07. The summed E-state index contributed by atoms with van der Waals surface area (Å²) in [4.78, 5) is 21.6. The van der Waals surface area contributed by atoms with Crippen molar-refractivity contribution in [1.29, 1.82) is 0 Å². The normalized spacial score (nSPS) is 13.2. The van der Waals surface area contributed by atoms with E-state index in [2.05, 4.69) is 4.74 Å². The molecule has 0 N–H and O–H groups in total. The maximum Gasteiger partial charge on any atom is 0.417 e. The van der Waals surface area contributed by atoms with Gasteiger partial charge in [0, 0.05) is 0 Å². The van der Waals surface area contributed by atoms with E-state index < -0.39 is 29.9 Å². The highest BCUT2D eigenvalue weighted by Crippen LogP contribution is 2.40. The van der Waals surface area contributed by atoms with Crippen LogP contribution in [-0.4, -0.2) is 12.4 Å². The van der Waals surface area contributed by atoms with Crippen molar-refractivity contribution in [1.82, 2.24) is 0 Å². The molecule has 0 unspecified atom stereocenters. The van der Waals surface area contributed by atoms with E-state index in [4.69, 9.17) is 0 Å². The third kappa shape index (κ3) is 3.37. The Hall–Kier alpha value is -2.96. The van der Waals surface area contributed by atoms with Gasteiger partial charge in [0.2, 0.25) is 0 Å². The summed E-state index contributed by atoms with van der Waals surface area (Å²) in [6, 6.07) is 7.67. The molecular formula is C19H12F4O3. The zero-order valence-corrected chi connectivity index (χ0v) is 13.3. The third-order valence-corrected chi connectivity index (χ3v) is 4.13. The number of rotatable bonds is 4. The quantitative estimate of drug-likeness (QED) is 0.355. The summed E-state index contributed by atoms with van der Waals surface area (Å²) in [5.41, 5.74) is 0.446. The lowest BCUT2D eigenvalue weighted by Gasteiger charge is -2.15. The van der Waals surface area contributed by atoms with Gasteiger partial charge in [-0.3, -0.25) is 9.59 Å². The minimum Gasteiger partial charge on any atom is -0.395 e. The second kappa shape index (κ2) is 6.74. The average Bonchev–Trinajstić information content (AvgIpc) is 2.97. The van der Waals surface area contributed by atoms with Crippen LogP contribution in [0.5, 0.6) is 0 Å². The fourth-order valence-corrected chi connectivity index (χ4v) is 3.01. The van der Waals surface area contributed by atoms with Gasteiger partial charge in [-0.05, 0) is 52.4 Å². The molecule has 134 valence electrons. The first-order valence-electron chi connectivity index (χ1n) is 7.63. The van der Waals surface area contributed by atoms with Crippen LogP contribution in [0.15, 0.2) is 42.5 Å². The highest BCUT2D eigenvalue weighted by Gasteiger charge is 2.35. The van der Waals surface area contributed by atoms with Crippen LogP contribution >= 0.6 is 0 Å². The molecule has 0 amide bonds. The molecule has 2 aromatic carbocycles. The fourth-order valence-electron chi connectivity index (χ4n) is 3.01. The number of ether oxygens (including phenoxy) is 1. The van der Waals surface area contributed by atoms with Gasteiger partial charge in [0.15, 0.2) is 0 Å². The molecule has 2 aromatic rings. The highest BCUT2D eigenvalue weighted by atomic mass is 19.4. The van der Waals surface area contributed by atoms with Crippen molar-refractivity contribution in [3.8, 4) is 0 Å². The van der Waals surface area contributed by atoms with Gasteiger partial charge < -0.3 is 4.74 Å². The second-order valence-corrected chi connectivity index (χ2v) is 5.73. The van der Waals surface area contributed by atoms with Gasteiger partial charge >= 0.3 is 18.6 Å². The molecule has 1 aliphatic carbocycles. The molecule has 7 heteroatoms. The molecule has 0 bridgehead atoms. The first kappa shape index (κ1) is 17.8. The van der Waals surface area contributed by atoms with E-state index in [0.29, 0.717) is 16.7 Å². The van der Waals surface area contributed by atoms with Crippen molar-refractivity contribution in [2.75, 3.05) is 0 Å². The van der Waals surface area contributed by atoms with E-state index in [1.54, 1.807) is 6.08 Å². The Balaban J connectivity index is 2.05. The number of fused-ring (bicyclic) bond motifs is 1. The molecule has 0 heterocycles. The van der Waals surface area contributed by atoms with Crippen molar-refractivity contribution >= 4 is 18.0 Å².